The van der Waals surface area contributed by atoms with Crippen molar-refractivity contribution in [2.24, 2.45) is 0 Å². The molecule has 36 heavy (non-hydrogen) atoms. The van der Waals surface area contributed by atoms with Crippen molar-refractivity contribution in [2.75, 3.05) is 43.5 Å². The lowest BCUT2D eigenvalue weighted by Gasteiger charge is -2.40. The summed E-state index contributed by atoms with van der Waals surface area (Å²) >= 11 is 12.5. The number of piperazine rings is 1. The number of hydrogen-bond acceptors (Lipinski definition) is 8. The minimum absolute atomic E-state index is 0.0469. The first-order valence-electron chi connectivity index (χ1n) is 11.3. The van der Waals surface area contributed by atoms with Gasteiger partial charge < -0.3 is 20.2 Å². The van der Waals surface area contributed by atoms with Crippen LogP contribution < -0.4 is 21.4 Å². The Hall–Kier alpha value is -3.44. The molecule has 2 aromatic carbocycles. The number of H-pyrrole nitrogens is 1. The summed E-state index contributed by atoms with van der Waals surface area (Å²) in [7, 11) is 2.05. The van der Waals surface area contributed by atoms with Crippen LogP contribution in [-0.2, 0) is 0 Å². The number of aliphatic hydroxyl groups excluding tert-OH is 1. The van der Waals surface area contributed by atoms with Gasteiger partial charge in [0, 0.05) is 37.2 Å². The molecule has 0 unspecified atom stereocenters. The van der Waals surface area contributed by atoms with Gasteiger partial charge in [0.1, 0.15) is 5.49 Å². The SMILES string of the molecule is CN1CCN(c2ccc(Nc3ncc4c(=N)n(-c5c(Cl)cccc5Cl)c(=O)[nH]c4n3)cc2)[C@H](CO)C1. The van der Waals surface area contributed by atoms with Crippen molar-refractivity contribution >= 4 is 51.6 Å². The Morgan fingerprint density at radius 1 is 1.17 bits per heavy atom. The molecule has 0 saturated carbocycles. The molecule has 0 radical (unpaired) electrons. The van der Waals surface area contributed by atoms with E-state index >= 15 is 0 Å². The quantitative estimate of drug-likeness (QED) is 0.315. The van der Waals surface area contributed by atoms with E-state index in [1.807, 2.05) is 24.3 Å². The molecule has 4 aromatic rings. The van der Waals surface area contributed by atoms with Crippen LogP contribution in [0.2, 0.25) is 10.0 Å². The number of para-hydroxylation sites is 1. The highest BCUT2D eigenvalue weighted by atomic mass is 35.5. The maximum atomic E-state index is 12.9. The van der Waals surface area contributed by atoms with Crippen molar-refractivity contribution in [3.63, 3.8) is 0 Å². The molecule has 12 heteroatoms. The molecule has 1 saturated heterocycles. The van der Waals surface area contributed by atoms with Crippen molar-refractivity contribution in [2.45, 2.75) is 6.04 Å². The molecule has 10 nitrogen and oxygen atoms in total. The number of nitrogens with zero attached hydrogens (tertiary/aromatic N) is 5. The van der Waals surface area contributed by atoms with E-state index in [0.29, 0.717) is 5.39 Å². The molecule has 0 spiro atoms. The van der Waals surface area contributed by atoms with Crippen molar-refractivity contribution in [1.29, 1.82) is 5.41 Å². The molecule has 186 valence electrons. The van der Waals surface area contributed by atoms with Crippen molar-refractivity contribution in [3.05, 3.63) is 74.7 Å². The van der Waals surface area contributed by atoms with E-state index in [0.717, 1.165) is 35.6 Å². The van der Waals surface area contributed by atoms with E-state index in [1.165, 1.54) is 6.20 Å². The lowest BCUT2D eigenvalue weighted by atomic mass is 10.1. The zero-order valence-corrected chi connectivity index (χ0v) is 20.9. The lowest BCUT2D eigenvalue weighted by molar-refractivity contribution is 0.191. The molecule has 1 aliphatic rings. The third-order valence-corrected chi connectivity index (χ3v) is 6.82. The standard InChI is InChI=1S/C24H24Cl2N8O2/c1-32-9-10-33(16(12-32)13-35)15-7-5-14(6-8-15)29-23-28-11-17-21(27)34(24(36)31-22(17)30-23)20-18(25)3-2-4-19(20)26/h2-8,11,16,27,35H,9-10,12-13H2,1H3,(H2,28,29,30,31,36)/t16-/m0/s1. The normalized spacial score (nSPS) is 16.4. The number of nitrogens with one attached hydrogen (secondary N) is 3. The molecule has 5 rings (SSSR count). The van der Waals surface area contributed by atoms with E-state index in [2.05, 4.69) is 37.1 Å². The first-order valence-corrected chi connectivity index (χ1v) is 12.1. The Morgan fingerprint density at radius 3 is 2.58 bits per heavy atom. The fraction of sp³-hybridized carbons (Fsp3) is 0.250. The van der Waals surface area contributed by atoms with Crippen molar-refractivity contribution in [3.8, 4) is 5.69 Å². The molecule has 3 heterocycles. The average molecular weight is 527 g/mol. The zero-order valence-electron chi connectivity index (χ0n) is 19.4. The van der Waals surface area contributed by atoms with Gasteiger partial charge in [-0.3, -0.25) is 10.4 Å². The number of aliphatic hydroxyl groups is 1. The van der Waals surface area contributed by atoms with Crippen LogP contribution in [0, 0.1) is 5.41 Å². The van der Waals surface area contributed by atoms with E-state index in [1.54, 1.807) is 18.2 Å². The second-order valence-corrected chi connectivity index (χ2v) is 9.42. The van der Waals surface area contributed by atoms with Gasteiger partial charge in [-0.2, -0.15) is 4.98 Å². The number of rotatable bonds is 5. The highest BCUT2D eigenvalue weighted by Crippen LogP contribution is 2.27. The second-order valence-electron chi connectivity index (χ2n) is 8.60. The van der Waals surface area contributed by atoms with Gasteiger partial charge in [-0.15, -0.1) is 0 Å². The highest BCUT2D eigenvalue weighted by molar-refractivity contribution is 6.37. The Labute approximate surface area is 216 Å². The summed E-state index contributed by atoms with van der Waals surface area (Å²) in [5.41, 5.74) is 1.49. The summed E-state index contributed by atoms with van der Waals surface area (Å²) in [6, 6.07) is 12.7. The number of benzene rings is 2. The number of fused-ring (bicyclic) bond motifs is 1. The molecule has 1 atom stereocenters. The maximum absolute atomic E-state index is 12.9. The fourth-order valence-electron chi connectivity index (χ4n) is 4.38. The second kappa shape index (κ2) is 9.90. The number of hydrogen-bond donors (Lipinski definition) is 4. The van der Waals surface area contributed by atoms with Crippen LogP contribution in [0.1, 0.15) is 0 Å². The van der Waals surface area contributed by atoms with E-state index in [-0.39, 0.29) is 45.5 Å². The summed E-state index contributed by atoms with van der Waals surface area (Å²) in [5.74, 6) is 0.270. The van der Waals surface area contributed by atoms with Gasteiger partial charge in [0.05, 0.1) is 33.8 Å². The topological polar surface area (TPSA) is 126 Å². The first-order chi connectivity index (χ1) is 17.4. The Morgan fingerprint density at radius 2 is 1.89 bits per heavy atom. The number of halogens is 2. The van der Waals surface area contributed by atoms with Crippen LogP contribution in [-0.4, -0.2) is 68.9 Å². The van der Waals surface area contributed by atoms with Gasteiger partial charge in [0.25, 0.3) is 0 Å². The van der Waals surface area contributed by atoms with Gasteiger partial charge in [-0.05, 0) is 43.4 Å². The Balaban J connectivity index is 1.42. The largest absolute Gasteiger partial charge is 0.394 e. The van der Waals surface area contributed by atoms with Gasteiger partial charge in [-0.1, -0.05) is 29.3 Å². The fourth-order valence-corrected chi connectivity index (χ4v) is 4.94. The van der Waals surface area contributed by atoms with Crippen molar-refractivity contribution < 1.29 is 5.11 Å². The number of anilines is 3. The number of likely N-dealkylation sites (N-methyl/N-ethyl adjacent to an activating group) is 1. The minimum Gasteiger partial charge on any atom is -0.394 e. The predicted molar refractivity (Wildman–Crippen MR) is 141 cm³/mol. The van der Waals surface area contributed by atoms with E-state index in [4.69, 9.17) is 28.6 Å². The third kappa shape index (κ3) is 4.56. The van der Waals surface area contributed by atoms with Crippen LogP contribution in [0.15, 0.2) is 53.5 Å². The van der Waals surface area contributed by atoms with E-state index in [9.17, 15) is 9.90 Å². The molecule has 0 bridgehead atoms. The third-order valence-electron chi connectivity index (χ3n) is 6.21. The predicted octanol–water partition coefficient (Wildman–Crippen LogP) is 2.75. The van der Waals surface area contributed by atoms with Crippen LogP contribution in [0.3, 0.4) is 0 Å². The van der Waals surface area contributed by atoms with Crippen LogP contribution >= 0.6 is 23.2 Å². The first kappa shape index (κ1) is 24.3. The average Bonchev–Trinajstić information content (AvgIpc) is 2.86. The summed E-state index contributed by atoms with van der Waals surface area (Å²) in [6.07, 6.45) is 1.47. The van der Waals surface area contributed by atoms with Gasteiger partial charge >= 0.3 is 5.69 Å². The summed E-state index contributed by atoms with van der Waals surface area (Å²) in [4.78, 5) is 28.7. The highest BCUT2D eigenvalue weighted by Gasteiger charge is 2.24. The van der Waals surface area contributed by atoms with Gasteiger partial charge in [0.15, 0.2) is 5.65 Å². The van der Waals surface area contributed by atoms with E-state index < -0.39 is 5.69 Å². The molecule has 1 fully saturated rings. The summed E-state index contributed by atoms with van der Waals surface area (Å²) in [5, 5.41) is 22.3. The molecule has 1 aliphatic heterocycles. The minimum atomic E-state index is -0.595. The number of aromatic nitrogens is 4. The van der Waals surface area contributed by atoms with Crippen molar-refractivity contribution in [1.82, 2.24) is 24.4 Å². The van der Waals surface area contributed by atoms with Crippen LogP contribution in [0.4, 0.5) is 17.3 Å². The van der Waals surface area contributed by atoms with Crippen LogP contribution in [0.5, 0.6) is 0 Å². The lowest BCUT2D eigenvalue weighted by Crippen LogP contribution is -2.53. The molecule has 2 aromatic heterocycles. The maximum Gasteiger partial charge on any atom is 0.333 e. The Kier molecular flexibility index (Phi) is 6.67. The smallest absolute Gasteiger partial charge is 0.333 e. The molecule has 0 amide bonds. The molecule has 4 N–H and O–H groups in total. The number of aromatic amines is 1. The summed E-state index contributed by atoms with van der Waals surface area (Å²) < 4.78 is 1.10. The molecule has 0 aliphatic carbocycles. The zero-order chi connectivity index (χ0) is 25.4. The van der Waals surface area contributed by atoms with Crippen LogP contribution in [0.25, 0.3) is 16.7 Å². The Bertz CT molecular complexity index is 1520. The molecular weight excluding hydrogens is 503 g/mol. The monoisotopic (exact) mass is 526 g/mol. The van der Waals surface area contributed by atoms with Gasteiger partial charge in [0.2, 0.25) is 5.95 Å². The molecular formula is C24H24Cl2N8O2. The van der Waals surface area contributed by atoms with Gasteiger partial charge in [-0.25, -0.2) is 14.3 Å². The summed E-state index contributed by atoms with van der Waals surface area (Å²) in [6.45, 7) is 2.67.